The van der Waals surface area contributed by atoms with Crippen LogP contribution in [0.2, 0.25) is 0 Å². The van der Waals surface area contributed by atoms with Gasteiger partial charge in [-0.15, -0.1) is 0 Å². The highest BCUT2D eigenvalue weighted by Gasteiger charge is 2.12. The lowest BCUT2D eigenvalue weighted by Crippen LogP contribution is -2.28. The summed E-state index contributed by atoms with van der Waals surface area (Å²) in [6.07, 6.45) is 3.33. The predicted molar refractivity (Wildman–Crippen MR) is 103 cm³/mol. The van der Waals surface area contributed by atoms with Gasteiger partial charge >= 0.3 is 0 Å². The van der Waals surface area contributed by atoms with Crippen LogP contribution in [0.25, 0.3) is 11.6 Å². The van der Waals surface area contributed by atoms with Crippen LogP contribution in [0.4, 0.5) is 0 Å². The van der Waals surface area contributed by atoms with Gasteiger partial charge in [0.1, 0.15) is 18.1 Å². The first kappa shape index (κ1) is 17.5. The van der Waals surface area contributed by atoms with E-state index in [2.05, 4.69) is 5.32 Å². The van der Waals surface area contributed by atoms with E-state index in [0.717, 1.165) is 16.9 Å². The largest absolute Gasteiger partial charge is 0.491 e. The summed E-state index contributed by atoms with van der Waals surface area (Å²) in [6.45, 7) is 2.81. The van der Waals surface area contributed by atoms with E-state index in [0.29, 0.717) is 24.5 Å². The highest BCUT2D eigenvalue weighted by Crippen LogP contribution is 2.19. The van der Waals surface area contributed by atoms with E-state index in [1.165, 1.54) is 0 Å². The first-order chi connectivity index (χ1) is 12.7. The zero-order chi connectivity index (χ0) is 18.2. The lowest BCUT2D eigenvalue weighted by Gasteiger charge is -2.11. The van der Waals surface area contributed by atoms with Gasteiger partial charge in [-0.3, -0.25) is 4.79 Å². The molecule has 0 bridgehead atoms. The Labute approximate surface area is 153 Å². The van der Waals surface area contributed by atoms with Gasteiger partial charge in [-0.05, 0) is 42.3 Å². The molecule has 0 saturated heterocycles. The van der Waals surface area contributed by atoms with E-state index in [-0.39, 0.29) is 5.91 Å². The quantitative estimate of drug-likeness (QED) is 0.511. The van der Waals surface area contributed by atoms with E-state index < -0.39 is 0 Å². The Morgan fingerprint density at radius 2 is 1.81 bits per heavy atom. The molecule has 132 valence electrons. The molecule has 4 heteroatoms. The van der Waals surface area contributed by atoms with Gasteiger partial charge in [-0.2, -0.15) is 0 Å². The van der Waals surface area contributed by atoms with Crippen LogP contribution in [0.3, 0.4) is 0 Å². The molecule has 0 saturated carbocycles. The predicted octanol–water partition coefficient (Wildman–Crippen LogP) is 4.32. The molecule has 0 spiro atoms. The van der Waals surface area contributed by atoms with Crippen LogP contribution in [0.1, 0.15) is 16.9 Å². The SMILES string of the molecule is Cc1ccccc1OCCNC(=O)/C(=C/c1ccco1)c1ccccc1. The zero-order valence-electron chi connectivity index (χ0n) is 14.6. The number of ether oxygens (including phenoxy) is 1. The number of benzene rings is 2. The van der Waals surface area contributed by atoms with Gasteiger partial charge < -0.3 is 14.5 Å². The van der Waals surface area contributed by atoms with Crippen LogP contribution < -0.4 is 10.1 Å². The summed E-state index contributed by atoms with van der Waals surface area (Å²) >= 11 is 0. The van der Waals surface area contributed by atoms with Gasteiger partial charge in [0.25, 0.3) is 5.91 Å². The van der Waals surface area contributed by atoms with Crippen LogP contribution in [0.5, 0.6) is 5.75 Å². The molecule has 1 heterocycles. The minimum atomic E-state index is -0.166. The van der Waals surface area contributed by atoms with E-state index >= 15 is 0 Å². The number of amides is 1. The van der Waals surface area contributed by atoms with Crippen LogP contribution >= 0.6 is 0 Å². The minimum Gasteiger partial charge on any atom is -0.491 e. The highest BCUT2D eigenvalue weighted by atomic mass is 16.5. The number of rotatable bonds is 7. The van der Waals surface area contributed by atoms with Crippen molar-refractivity contribution in [2.24, 2.45) is 0 Å². The van der Waals surface area contributed by atoms with Crippen molar-refractivity contribution in [1.82, 2.24) is 5.32 Å². The fraction of sp³-hybridized carbons (Fsp3) is 0.136. The molecule has 0 radical (unpaired) electrons. The third-order valence-electron chi connectivity index (χ3n) is 3.90. The number of para-hydroxylation sites is 1. The number of hydrogen-bond donors (Lipinski definition) is 1. The minimum absolute atomic E-state index is 0.166. The molecule has 0 aliphatic rings. The van der Waals surface area contributed by atoms with E-state index in [1.54, 1.807) is 18.4 Å². The second-order valence-corrected chi connectivity index (χ2v) is 5.81. The van der Waals surface area contributed by atoms with Crippen molar-refractivity contribution in [2.45, 2.75) is 6.92 Å². The fourth-order valence-electron chi connectivity index (χ4n) is 2.55. The summed E-state index contributed by atoms with van der Waals surface area (Å²) < 4.78 is 11.1. The van der Waals surface area contributed by atoms with Crippen LogP contribution in [-0.4, -0.2) is 19.1 Å². The second kappa shape index (κ2) is 8.72. The maximum Gasteiger partial charge on any atom is 0.252 e. The summed E-state index contributed by atoms with van der Waals surface area (Å²) in [6, 6.07) is 20.9. The van der Waals surface area contributed by atoms with E-state index in [9.17, 15) is 4.79 Å². The van der Waals surface area contributed by atoms with Gasteiger partial charge in [-0.25, -0.2) is 0 Å². The topological polar surface area (TPSA) is 51.5 Å². The Kier molecular flexibility index (Phi) is 5.88. The Bertz CT molecular complexity index is 867. The third-order valence-corrected chi connectivity index (χ3v) is 3.90. The summed E-state index contributed by atoms with van der Waals surface area (Å²) in [5.74, 6) is 1.30. The van der Waals surface area contributed by atoms with E-state index in [4.69, 9.17) is 9.15 Å². The molecule has 3 aromatic rings. The smallest absolute Gasteiger partial charge is 0.252 e. The normalized spacial score (nSPS) is 11.2. The number of hydrogen-bond acceptors (Lipinski definition) is 3. The molecule has 0 aliphatic heterocycles. The first-order valence-corrected chi connectivity index (χ1v) is 8.51. The van der Waals surface area contributed by atoms with Crippen LogP contribution in [0, 0.1) is 6.92 Å². The maximum absolute atomic E-state index is 12.7. The van der Waals surface area contributed by atoms with Gasteiger partial charge in [0, 0.05) is 0 Å². The average molecular weight is 347 g/mol. The summed E-state index contributed by atoms with van der Waals surface area (Å²) in [5, 5.41) is 2.91. The summed E-state index contributed by atoms with van der Waals surface area (Å²) in [7, 11) is 0. The van der Waals surface area contributed by atoms with Crippen molar-refractivity contribution in [3.05, 3.63) is 89.9 Å². The van der Waals surface area contributed by atoms with Crippen molar-refractivity contribution in [2.75, 3.05) is 13.2 Å². The zero-order valence-corrected chi connectivity index (χ0v) is 14.6. The molecule has 1 N–H and O–H groups in total. The Morgan fingerprint density at radius 3 is 2.54 bits per heavy atom. The van der Waals surface area contributed by atoms with Gasteiger partial charge in [0.2, 0.25) is 0 Å². The summed E-state index contributed by atoms with van der Waals surface area (Å²) in [4.78, 5) is 12.7. The molecule has 0 aliphatic carbocycles. The lowest BCUT2D eigenvalue weighted by atomic mass is 10.0. The highest BCUT2D eigenvalue weighted by molar-refractivity contribution is 6.24. The molecule has 2 aromatic carbocycles. The maximum atomic E-state index is 12.7. The Morgan fingerprint density at radius 1 is 1.04 bits per heavy atom. The first-order valence-electron chi connectivity index (χ1n) is 8.51. The van der Waals surface area contributed by atoms with Gasteiger partial charge in [0.05, 0.1) is 18.4 Å². The van der Waals surface area contributed by atoms with Crippen molar-refractivity contribution in [3.63, 3.8) is 0 Å². The molecule has 1 amide bonds. The Hall–Kier alpha value is -3.27. The molecular weight excluding hydrogens is 326 g/mol. The fourth-order valence-corrected chi connectivity index (χ4v) is 2.55. The van der Waals surface area contributed by atoms with Crippen LogP contribution in [-0.2, 0) is 4.79 Å². The third kappa shape index (κ3) is 4.63. The van der Waals surface area contributed by atoms with E-state index in [1.807, 2.05) is 67.6 Å². The van der Waals surface area contributed by atoms with Gasteiger partial charge in [0.15, 0.2) is 0 Å². The number of nitrogens with one attached hydrogen (secondary N) is 1. The molecule has 1 aromatic heterocycles. The molecule has 26 heavy (non-hydrogen) atoms. The van der Waals surface area contributed by atoms with Crippen molar-refractivity contribution < 1.29 is 13.9 Å². The molecule has 4 nitrogen and oxygen atoms in total. The summed E-state index contributed by atoms with van der Waals surface area (Å²) in [5.41, 5.74) is 2.46. The second-order valence-electron chi connectivity index (χ2n) is 5.81. The number of furan rings is 1. The molecule has 0 fully saturated rings. The molecule has 0 atom stereocenters. The van der Waals surface area contributed by atoms with Crippen molar-refractivity contribution in [3.8, 4) is 5.75 Å². The average Bonchev–Trinajstić information content (AvgIpc) is 3.18. The lowest BCUT2D eigenvalue weighted by molar-refractivity contribution is -0.115. The molecule has 0 unspecified atom stereocenters. The number of aryl methyl sites for hydroxylation is 1. The Balaban J connectivity index is 1.64. The molecular formula is C22H21NO3. The van der Waals surface area contributed by atoms with Crippen molar-refractivity contribution >= 4 is 17.6 Å². The number of carbonyl (C=O) groups excluding carboxylic acids is 1. The monoisotopic (exact) mass is 347 g/mol. The van der Waals surface area contributed by atoms with Gasteiger partial charge in [-0.1, -0.05) is 48.5 Å². The van der Waals surface area contributed by atoms with Crippen LogP contribution in [0.15, 0.2) is 77.4 Å². The molecule has 3 rings (SSSR count). The number of carbonyl (C=O) groups is 1. The van der Waals surface area contributed by atoms with Crippen molar-refractivity contribution in [1.29, 1.82) is 0 Å². The standard InChI is InChI=1S/C22H21NO3/c1-17-8-5-6-12-21(17)26-15-13-23-22(24)20(16-19-11-7-14-25-19)18-9-3-2-4-10-18/h2-12,14,16H,13,15H2,1H3,(H,23,24)/b20-16+.